The van der Waals surface area contributed by atoms with E-state index in [9.17, 15) is 4.39 Å². The minimum absolute atomic E-state index is 0.102. The van der Waals surface area contributed by atoms with Crippen molar-refractivity contribution >= 4 is 11.6 Å². The van der Waals surface area contributed by atoms with Crippen molar-refractivity contribution < 1.29 is 9.13 Å². The molecule has 2 N–H and O–H groups in total. The SMILES string of the molecule is CC1CC(C(N)Cc2c(F)cccc2Cl)CO1. The summed E-state index contributed by atoms with van der Waals surface area (Å²) >= 11 is 5.98. The standard InChI is InChI=1S/C13H17ClFNO/c1-8-5-9(7-17-8)13(16)6-10-11(14)3-2-4-12(10)15/h2-4,8-9,13H,5-7,16H2,1H3. The predicted molar refractivity (Wildman–Crippen MR) is 66.6 cm³/mol. The van der Waals surface area contributed by atoms with E-state index < -0.39 is 0 Å². The molecule has 94 valence electrons. The molecule has 1 fully saturated rings. The van der Waals surface area contributed by atoms with Gasteiger partial charge in [-0.3, -0.25) is 0 Å². The molecule has 2 nitrogen and oxygen atoms in total. The number of nitrogens with two attached hydrogens (primary N) is 1. The number of hydrogen-bond acceptors (Lipinski definition) is 2. The maximum absolute atomic E-state index is 13.6. The summed E-state index contributed by atoms with van der Waals surface area (Å²) < 4.78 is 19.1. The van der Waals surface area contributed by atoms with Gasteiger partial charge in [0.05, 0.1) is 12.7 Å². The van der Waals surface area contributed by atoms with Crippen LogP contribution >= 0.6 is 11.6 Å². The molecule has 1 aliphatic heterocycles. The summed E-state index contributed by atoms with van der Waals surface area (Å²) in [7, 11) is 0. The van der Waals surface area contributed by atoms with E-state index in [0.29, 0.717) is 29.5 Å². The first kappa shape index (κ1) is 12.8. The molecule has 3 unspecified atom stereocenters. The second kappa shape index (κ2) is 5.34. The van der Waals surface area contributed by atoms with Crippen LogP contribution in [-0.4, -0.2) is 18.8 Å². The number of benzene rings is 1. The molecule has 3 atom stereocenters. The van der Waals surface area contributed by atoms with Gasteiger partial charge in [0.1, 0.15) is 5.82 Å². The van der Waals surface area contributed by atoms with Gasteiger partial charge in [0, 0.05) is 22.5 Å². The Kier molecular flexibility index (Phi) is 4.02. The lowest BCUT2D eigenvalue weighted by atomic mass is 9.92. The fourth-order valence-corrected chi connectivity index (χ4v) is 2.52. The minimum Gasteiger partial charge on any atom is -0.378 e. The van der Waals surface area contributed by atoms with Gasteiger partial charge in [0.15, 0.2) is 0 Å². The summed E-state index contributed by atoms with van der Waals surface area (Å²) in [6.07, 6.45) is 1.65. The maximum atomic E-state index is 13.6. The lowest BCUT2D eigenvalue weighted by Gasteiger charge is -2.18. The Balaban J connectivity index is 2.05. The van der Waals surface area contributed by atoms with E-state index in [2.05, 4.69) is 0 Å². The fourth-order valence-electron chi connectivity index (χ4n) is 2.28. The first-order valence-corrected chi connectivity index (χ1v) is 6.25. The molecule has 17 heavy (non-hydrogen) atoms. The molecule has 0 spiro atoms. The second-order valence-electron chi connectivity index (χ2n) is 4.71. The van der Waals surface area contributed by atoms with Crippen LogP contribution in [0.25, 0.3) is 0 Å². The van der Waals surface area contributed by atoms with Crippen molar-refractivity contribution in [2.45, 2.75) is 31.9 Å². The van der Waals surface area contributed by atoms with Crippen LogP contribution in [0.15, 0.2) is 18.2 Å². The Morgan fingerprint density at radius 3 is 2.94 bits per heavy atom. The van der Waals surface area contributed by atoms with Gasteiger partial charge < -0.3 is 10.5 Å². The zero-order valence-electron chi connectivity index (χ0n) is 9.83. The number of hydrogen-bond donors (Lipinski definition) is 1. The number of ether oxygens (including phenoxy) is 1. The van der Waals surface area contributed by atoms with Gasteiger partial charge >= 0.3 is 0 Å². The predicted octanol–water partition coefficient (Wildman–Crippen LogP) is 2.77. The maximum Gasteiger partial charge on any atom is 0.127 e. The molecular weight excluding hydrogens is 241 g/mol. The van der Waals surface area contributed by atoms with Crippen LogP contribution in [0.4, 0.5) is 4.39 Å². The van der Waals surface area contributed by atoms with Gasteiger partial charge in [-0.05, 0) is 31.9 Å². The smallest absolute Gasteiger partial charge is 0.127 e. The third kappa shape index (κ3) is 2.97. The van der Waals surface area contributed by atoms with Crippen molar-refractivity contribution in [3.63, 3.8) is 0 Å². The Hall–Kier alpha value is -0.640. The minimum atomic E-state index is -0.278. The molecule has 0 saturated carbocycles. The van der Waals surface area contributed by atoms with E-state index in [0.717, 1.165) is 6.42 Å². The van der Waals surface area contributed by atoms with Crippen LogP contribution in [-0.2, 0) is 11.2 Å². The van der Waals surface area contributed by atoms with Crippen LogP contribution in [0, 0.1) is 11.7 Å². The molecule has 1 saturated heterocycles. The Bertz CT molecular complexity index is 379. The highest BCUT2D eigenvalue weighted by Gasteiger charge is 2.28. The fraction of sp³-hybridized carbons (Fsp3) is 0.538. The highest BCUT2D eigenvalue weighted by molar-refractivity contribution is 6.31. The molecule has 0 aliphatic carbocycles. The van der Waals surface area contributed by atoms with E-state index >= 15 is 0 Å². The van der Waals surface area contributed by atoms with E-state index in [4.69, 9.17) is 22.1 Å². The van der Waals surface area contributed by atoms with Crippen molar-refractivity contribution in [1.82, 2.24) is 0 Å². The first-order valence-electron chi connectivity index (χ1n) is 5.88. The summed E-state index contributed by atoms with van der Waals surface area (Å²) in [6, 6.07) is 4.62. The van der Waals surface area contributed by atoms with Crippen molar-refractivity contribution in [1.29, 1.82) is 0 Å². The van der Waals surface area contributed by atoms with Crippen LogP contribution in [0.5, 0.6) is 0 Å². The molecule has 1 aromatic carbocycles. The molecule has 0 aromatic heterocycles. The molecule has 2 rings (SSSR count). The normalized spacial score (nSPS) is 26.1. The lowest BCUT2D eigenvalue weighted by molar-refractivity contribution is 0.118. The highest BCUT2D eigenvalue weighted by atomic mass is 35.5. The van der Waals surface area contributed by atoms with E-state index in [1.807, 2.05) is 6.92 Å². The highest BCUT2D eigenvalue weighted by Crippen LogP contribution is 2.26. The van der Waals surface area contributed by atoms with Gasteiger partial charge in [-0.25, -0.2) is 4.39 Å². The van der Waals surface area contributed by atoms with Crippen LogP contribution in [0.3, 0.4) is 0 Å². The average Bonchev–Trinajstić information content (AvgIpc) is 2.70. The summed E-state index contributed by atoms with van der Waals surface area (Å²) in [4.78, 5) is 0. The second-order valence-corrected chi connectivity index (χ2v) is 5.12. The molecule has 1 aliphatic rings. The summed E-state index contributed by atoms with van der Waals surface area (Å²) in [5.74, 6) is 0.0144. The van der Waals surface area contributed by atoms with Crippen LogP contribution in [0.1, 0.15) is 18.9 Å². The largest absolute Gasteiger partial charge is 0.378 e. The quantitative estimate of drug-likeness (QED) is 0.904. The van der Waals surface area contributed by atoms with Crippen molar-refractivity contribution in [3.8, 4) is 0 Å². The van der Waals surface area contributed by atoms with Crippen molar-refractivity contribution in [2.75, 3.05) is 6.61 Å². The number of halogens is 2. The average molecular weight is 258 g/mol. The Morgan fingerprint density at radius 2 is 2.35 bits per heavy atom. The molecule has 0 radical (unpaired) electrons. The number of rotatable bonds is 3. The molecule has 0 bridgehead atoms. The van der Waals surface area contributed by atoms with Crippen molar-refractivity contribution in [2.24, 2.45) is 11.7 Å². The monoisotopic (exact) mass is 257 g/mol. The third-order valence-electron chi connectivity index (χ3n) is 3.34. The Morgan fingerprint density at radius 1 is 1.59 bits per heavy atom. The summed E-state index contributed by atoms with van der Waals surface area (Å²) in [5.41, 5.74) is 6.62. The topological polar surface area (TPSA) is 35.2 Å². The van der Waals surface area contributed by atoms with Gasteiger partial charge in [-0.1, -0.05) is 17.7 Å². The van der Waals surface area contributed by atoms with E-state index in [1.54, 1.807) is 12.1 Å². The van der Waals surface area contributed by atoms with E-state index in [1.165, 1.54) is 6.07 Å². The van der Waals surface area contributed by atoms with Crippen LogP contribution in [0.2, 0.25) is 5.02 Å². The van der Waals surface area contributed by atoms with Crippen molar-refractivity contribution in [3.05, 3.63) is 34.6 Å². The molecule has 1 heterocycles. The molecule has 0 amide bonds. The van der Waals surface area contributed by atoms with Crippen LogP contribution < -0.4 is 5.73 Å². The van der Waals surface area contributed by atoms with Gasteiger partial charge in [0.25, 0.3) is 0 Å². The zero-order chi connectivity index (χ0) is 12.4. The zero-order valence-corrected chi connectivity index (χ0v) is 10.6. The third-order valence-corrected chi connectivity index (χ3v) is 3.69. The lowest BCUT2D eigenvalue weighted by Crippen LogP contribution is -2.33. The molecule has 4 heteroatoms. The van der Waals surface area contributed by atoms with E-state index in [-0.39, 0.29) is 18.0 Å². The van der Waals surface area contributed by atoms with Gasteiger partial charge in [0.2, 0.25) is 0 Å². The Labute approximate surface area is 106 Å². The molecular formula is C13H17ClFNO. The first-order chi connectivity index (χ1) is 8.08. The summed E-state index contributed by atoms with van der Waals surface area (Å²) in [6.45, 7) is 2.69. The van der Waals surface area contributed by atoms with Gasteiger partial charge in [-0.2, -0.15) is 0 Å². The van der Waals surface area contributed by atoms with Gasteiger partial charge in [-0.15, -0.1) is 0 Å². The molecule has 1 aromatic rings. The summed E-state index contributed by atoms with van der Waals surface area (Å²) in [5, 5.41) is 0.451.